The lowest BCUT2D eigenvalue weighted by Crippen LogP contribution is -1.92. The minimum Gasteiger partial charge on any atom is -0.454 e. The zero-order valence-electron chi connectivity index (χ0n) is 9.14. The van der Waals surface area contributed by atoms with Crippen molar-refractivity contribution in [3.63, 3.8) is 0 Å². The molecule has 0 unspecified atom stereocenters. The van der Waals surface area contributed by atoms with Crippen LogP contribution in [0.15, 0.2) is 41.0 Å². The number of halogens is 1. The fourth-order valence-corrected chi connectivity index (χ4v) is 1.74. The van der Waals surface area contributed by atoms with E-state index in [2.05, 4.69) is 27.0 Å². The van der Waals surface area contributed by atoms with Crippen molar-refractivity contribution in [1.82, 2.24) is 4.98 Å². The number of benzene rings is 1. The number of pyridine rings is 1. The van der Waals surface area contributed by atoms with Crippen molar-refractivity contribution in [2.24, 2.45) is 0 Å². The van der Waals surface area contributed by atoms with Crippen LogP contribution in [0, 0.1) is 18.3 Å². The van der Waals surface area contributed by atoms with Crippen LogP contribution in [0.25, 0.3) is 0 Å². The van der Waals surface area contributed by atoms with E-state index in [4.69, 9.17) is 10.00 Å². The zero-order chi connectivity index (χ0) is 12.3. The third kappa shape index (κ3) is 2.63. The van der Waals surface area contributed by atoms with Gasteiger partial charge >= 0.3 is 0 Å². The minimum atomic E-state index is 0.489. The van der Waals surface area contributed by atoms with Gasteiger partial charge in [0.25, 0.3) is 0 Å². The van der Waals surface area contributed by atoms with Crippen LogP contribution in [0.3, 0.4) is 0 Å². The molecule has 1 aromatic carbocycles. The Bertz CT molecular complexity index is 590. The molecule has 0 radical (unpaired) electrons. The Morgan fingerprint density at radius 3 is 2.82 bits per heavy atom. The highest BCUT2D eigenvalue weighted by atomic mass is 79.9. The van der Waals surface area contributed by atoms with Crippen molar-refractivity contribution < 1.29 is 4.74 Å². The van der Waals surface area contributed by atoms with Crippen LogP contribution in [0.2, 0.25) is 0 Å². The predicted molar refractivity (Wildman–Crippen MR) is 67.9 cm³/mol. The van der Waals surface area contributed by atoms with E-state index in [0.29, 0.717) is 17.1 Å². The molecule has 3 nitrogen and oxygen atoms in total. The molecule has 84 valence electrons. The third-order valence-electron chi connectivity index (χ3n) is 2.24. The largest absolute Gasteiger partial charge is 0.454 e. The fourth-order valence-electron chi connectivity index (χ4n) is 1.37. The van der Waals surface area contributed by atoms with Gasteiger partial charge in [-0.3, -0.25) is 4.98 Å². The van der Waals surface area contributed by atoms with Crippen molar-refractivity contribution in [2.45, 2.75) is 6.92 Å². The van der Waals surface area contributed by atoms with Gasteiger partial charge in [0.05, 0.1) is 11.3 Å². The first kappa shape index (κ1) is 11.6. The summed E-state index contributed by atoms with van der Waals surface area (Å²) >= 11 is 3.32. The number of aryl methyl sites for hydroxylation is 1. The maximum atomic E-state index is 9.02. The molecule has 0 atom stereocenters. The summed E-state index contributed by atoms with van der Waals surface area (Å²) in [6, 6.07) is 11.0. The molecular formula is C13H9BrN2O. The number of aromatic nitrogens is 1. The number of ether oxygens (including phenoxy) is 1. The first-order valence-electron chi connectivity index (χ1n) is 5.00. The highest BCUT2D eigenvalue weighted by molar-refractivity contribution is 9.10. The normalized spacial score (nSPS) is 9.71. The molecule has 2 rings (SSSR count). The molecule has 1 heterocycles. The number of hydrogen-bond donors (Lipinski definition) is 0. The van der Waals surface area contributed by atoms with Gasteiger partial charge in [-0.15, -0.1) is 0 Å². The second-order valence-corrected chi connectivity index (χ2v) is 4.36. The lowest BCUT2D eigenvalue weighted by molar-refractivity contribution is 0.474. The molecule has 4 heteroatoms. The number of nitrogens with zero attached hydrogens (tertiary/aromatic N) is 2. The summed E-state index contributed by atoms with van der Waals surface area (Å²) in [4.78, 5) is 4.13. The summed E-state index contributed by atoms with van der Waals surface area (Å²) < 4.78 is 6.53. The standard InChI is InChI=1S/C13H9BrN2O/c1-9-12(3-2-6-16-9)17-13-5-4-11(14)7-10(13)8-15/h2-7H,1H3. The molecule has 0 spiro atoms. The van der Waals surface area contributed by atoms with Gasteiger partial charge in [0, 0.05) is 10.7 Å². The van der Waals surface area contributed by atoms with E-state index in [1.807, 2.05) is 19.1 Å². The average Bonchev–Trinajstić information content (AvgIpc) is 2.34. The van der Waals surface area contributed by atoms with E-state index >= 15 is 0 Å². The van der Waals surface area contributed by atoms with E-state index in [1.165, 1.54) is 0 Å². The molecule has 0 amide bonds. The van der Waals surface area contributed by atoms with Crippen molar-refractivity contribution in [2.75, 3.05) is 0 Å². The van der Waals surface area contributed by atoms with E-state index in [9.17, 15) is 0 Å². The molecule has 0 saturated carbocycles. The number of hydrogen-bond acceptors (Lipinski definition) is 3. The first-order valence-corrected chi connectivity index (χ1v) is 5.79. The van der Waals surface area contributed by atoms with Crippen LogP contribution in [0.5, 0.6) is 11.5 Å². The second-order valence-electron chi connectivity index (χ2n) is 3.44. The summed E-state index contributed by atoms with van der Waals surface area (Å²) in [5.74, 6) is 1.19. The van der Waals surface area contributed by atoms with Gasteiger partial charge in [0.15, 0.2) is 0 Å². The lowest BCUT2D eigenvalue weighted by Gasteiger charge is -2.09. The van der Waals surface area contributed by atoms with E-state index < -0.39 is 0 Å². The Morgan fingerprint density at radius 1 is 1.29 bits per heavy atom. The van der Waals surface area contributed by atoms with E-state index in [-0.39, 0.29) is 0 Å². The van der Waals surface area contributed by atoms with Gasteiger partial charge in [-0.1, -0.05) is 15.9 Å². The molecule has 17 heavy (non-hydrogen) atoms. The number of nitriles is 1. The Balaban J connectivity index is 2.37. The van der Waals surface area contributed by atoms with Crippen LogP contribution in [0.4, 0.5) is 0 Å². The molecule has 0 saturated heterocycles. The average molecular weight is 289 g/mol. The summed E-state index contributed by atoms with van der Waals surface area (Å²) in [7, 11) is 0. The maximum absolute atomic E-state index is 9.02. The van der Waals surface area contributed by atoms with Crippen LogP contribution >= 0.6 is 15.9 Å². The zero-order valence-corrected chi connectivity index (χ0v) is 10.7. The summed E-state index contributed by atoms with van der Waals surface area (Å²) in [6.07, 6.45) is 1.70. The van der Waals surface area contributed by atoms with Crippen molar-refractivity contribution in [1.29, 1.82) is 5.26 Å². The van der Waals surface area contributed by atoms with E-state index in [0.717, 1.165) is 10.2 Å². The first-order chi connectivity index (χ1) is 8.20. The minimum absolute atomic E-state index is 0.489. The van der Waals surface area contributed by atoms with Crippen LogP contribution in [-0.2, 0) is 0 Å². The summed E-state index contributed by atoms with van der Waals surface area (Å²) in [5.41, 5.74) is 1.28. The Morgan fingerprint density at radius 2 is 2.12 bits per heavy atom. The van der Waals surface area contributed by atoms with Crippen LogP contribution in [-0.4, -0.2) is 4.98 Å². The van der Waals surface area contributed by atoms with Gasteiger partial charge in [0.1, 0.15) is 17.6 Å². The van der Waals surface area contributed by atoms with E-state index in [1.54, 1.807) is 24.4 Å². The molecule has 0 aliphatic heterocycles. The van der Waals surface area contributed by atoms with Gasteiger partial charge in [-0.25, -0.2) is 0 Å². The lowest BCUT2D eigenvalue weighted by atomic mass is 10.2. The quantitative estimate of drug-likeness (QED) is 0.844. The fraction of sp³-hybridized carbons (Fsp3) is 0.0769. The van der Waals surface area contributed by atoms with Crippen molar-refractivity contribution in [3.8, 4) is 17.6 Å². The predicted octanol–water partition coefficient (Wildman–Crippen LogP) is 3.82. The van der Waals surface area contributed by atoms with Gasteiger partial charge in [0.2, 0.25) is 0 Å². The molecule has 0 N–H and O–H groups in total. The number of rotatable bonds is 2. The van der Waals surface area contributed by atoms with Crippen LogP contribution < -0.4 is 4.74 Å². The Hall–Kier alpha value is -1.86. The van der Waals surface area contributed by atoms with Crippen molar-refractivity contribution >= 4 is 15.9 Å². The highest BCUT2D eigenvalue weighted by Crippen LogP contribution is 2.28. The Kier molecular flexibility index (Phi) is 3.40. The van der Waals surface area contributed by atoms with Gasteiger partial charge in [-0.2, -0.15) is 5.26 Å². The molecule has 0 bridgehead atoms. The second kappa shape index (κ2) is 4.98. The Labute approximate surface area is 108 Å². The topological polar surface area (TPSA) is 45.9 Å². The van der Waals surface area contributed by atoms with Gasteiger partial charge in [-0.05, 0) is 37.3 Å². The van der Waals surface area contributed by atoms with Crippen LogP contribution in [0.1, 0.15) is 11.3 Å². The third-order valence-corrected chi connectivity index (χ3v) is 2.73. The SMILES string of the molecule is Cc1ncccc1Oc1ccc(Br)cc1C#N. The summed E-state index contributed by atoms with van der Waals surface area (Å²) in [5, 5.41) is 9.02. The highest BCUT2D eigenvalue weighted by Gasteiger charge is 2.07. The molecule has 0 aliphatic rings. The maximum Gasteiger partial charge on any atom is 0.148 e. The monoisotopic (exact) mass is 288 g/mol. The molecule has 0 aliphatic carbocycles. The smallest absolute Gasteiger partial charge is 0.148 e. The molecular weight excluding hydrogens is 280 g/mol. The molecule has 0 fully saturated rings. The molecule has 1 aromatic heterocycles. The van der Waals surface area contributed by atoms with Gasteiger partial charge < -0.3 is 4.74 Å². The molecule has 2 aromatic rings. The van der Waals surface area contributed by atoms with Crippen molar-refractivity contribution in [3.05, 3.63) is 52.3 Å². The summed E-state index contributed by atoms with van der Waals surface area (Å²) in [6.45, 7) is 1.86.